The van der Waals surface area contributed by atoms with E-state index in [0.29, 0.717) is 0 Å². The molecule has 5 heteroatoms. The van der Waals surface area contributed by atoms with Crippen LogP contribution in [0.3, 0.4) is 0 Å². The predicted molar refractivity (Wildman–Crippen MR) is 106 cm³/mol. The minimum atomic E-state index is -0.112. The molecule has 2 aromatic rings. The van der Waals surface area contributed by atoms with Crippen LogP contribution < -0.4 is 10.2 Å². The molecule has 0 aliphatic carbocycles. The summed E-state index contributed by atoms with van der Waals surface area (Å²) in [5.41, 5.74) is 0.868. The fourth-order valence-electron chi connectivity index (χ4n) is 3.37. The van der Waals surface area contributed by atoms with E-state index in [1.807, 2.05) is 49.4 Å². The van der Waals surface area contributed by atoms with Crippen LogP contribution in [-0.4, -0.2) is 37.2 Å². The van der Waals surface area contributed by atoms with Crippen molar-refractivity contribution in [3.63, 3.8) is 0 Å². The number of ether oxygens (including phenoxy) is 1. The van der Waals surface area contributed by atoms with Gasteiger partial charge in [-0.2, -0.15) is 0 Å². The van der Waals surface area contributed by atoms with E-state index in [1.165, 1.54) is 4.90 Å². The van der Waals surface area contributed by atoms with Crippen molar-refractivity contribution in [1.29, 1.82) is 0 Å². The minimum Gasteiger partial charge on any atom is -0.364 e. The van der Waals surface area contributed by atoms with Crippen LogP contribution in [0.1, 0.15) is 20.8 Å². The Morgan fingerprint density at radius 3 is 2.38 bits per heavy atom. The zero-order valence-corrected chi connectivity index (χ0v) is 16.4. The van der Waals surface area contributed by atoms with Crippen LogP contribution in [0.2, 0.25) is 0 Å². The molecule has 138 valence electrons. The Morgan fingerprint density at radius 2 is 1.69 bits per heavy atom. The Morgan fingerprint density at radius 1 is 1.08 bits per heavy atom. The molecule has 2 N–H and O–H groups in total. The van der Waals surface area contributed by atoms with Gasteiger partial charge >= 0.3 is 0 Å². The van der Waals surface area contributed by atoms with Crippen LogP contribution in [0.25, 0.3) is 0 Å². The fraction of sp³-hybridized carbons (Fsp3) is 0.381. The van der Waals surface area contributed by atoms with E-state index in [4.69, 9.17) is 4.74 Å². The molecule has 0 saturated carbocycles. The number of para-hydroxylation sites is 1. The summed E-state index contributed by atoms with van der Waals surface area (Å²) in [5.74, 6) is 0.0578. The Hall–Kier alpha value is -1.82. The number of hydrogen-bond acceptors (Lipinski definition) is 3. The number of carbonyl (C=O) groups is 1. The molecule has 0 bridgehead atoms. The molecule has 0 aromatic heterocycles. The van der Waals surface area contributed by atoms with Gasteiger partial charge in [0.2, 0.25) is 0 Å². The van der Waals surface area contributed by atoms with E-state index in [9.17, 15) is 4.79 Å². The maximum absolute atomic E-state index is 12.8. The van der Waals surface area contributed by atoms with Gasteiger partial charge in [-0.25, -0.2) is 0 Å². The quantitative estimate of drug-likeness (QED) is 0.849. The van der Waals surface area contributed by atoms with E-state index >= 15 is 0 Å². The molecule has 1 saturated heterocycles. The number of morpholine rings is 1. The number of rotatable bonds is 5. The summed E-state index contributed by atoms with van der Waals surface area (Å²) in [6.45, 7) is 7.87. The first kappa shape index (κ1) is 19.0. The average Bonchev–Trinajstić information content (AvgIpc) is 2.62. The lowest BCUT2D eigenvalue weighted by Gasteiger charge is -2.35. The smallest absolute Gasteiger partial charge is 0.282 e. The van der Waals surface area contributed by atoms with Crippen molar-refractivity contribution in [3.05, 3.63) is 54.6 Å². The Balaban J connectivity index is 1.69. The van der Waals surface area contributed by atoms with Gasteiger partial charge in [0.1, 0.15) is 25.3 Å². The first-order chi connectivity index (χ1) is 12.5. The first-order valence-electron chi connectivity index (χ1n) is 9.15. The first-order valence-corrected chi connectivity index (χ1v) is 9.97. The largest absolute Gasteiger partial charge is 0.364 e. The predicted octanol–water partition coefficient (Wildman–Crippen LogP) is 2.86. The molecule has 26 heavy (non-hydrogen) atoms. The third-order valence-electron chi connectivity index (χ3n) is 4.69. The Labute approximate surface area is 159 Å². The molecule has 0 unspecified atom stereocenters. The van der Waals surface area contributed by atoms with Crippen molar-refractivity contribution in [3.8, 4) is 0 Å². The second-order valence-corrected chi connectivity index (χ2v) is 8.06. The highest BCUT2D eigenvalue weighted by Crippen LogP contribution is 2.33. The summed E-state index contributed by atoms with van der Waals surface area (Å²) in [4.78, 5) is 16.3. The Kier molecular flexibility index (Phi) is 6.35. The molecule has 4 nitrogen and oxygen atoms in total. The van der Waals surface area contributed by atoms with E-state index in [-0.39, 0.29) is 24.2 Å². The normalized spacial score (nSPS) is 24.0. The highest BCUT2D eigenvalue weighted by molar-refractivity contribution is 7.99. The molecular formula is C21H27N2O2S+. The number of amides is 1. The number of anilines is 1. The fourth-order valence-corrected chi connectivity index (χ4v) is 4.29. The van der Waals surface area contributed by atoms with Crippen molar-refractivity contribution in [1.82, 2.24) is 0 Å². The van der Waals surface area contributed by atoms with Crippen LogP contribution >= 0.6 is 11.8 Å². The summed E-state index contributed by atoms with van der Waals surface area (Å²) < 4.78 is 5.79. The van der Waals surface area contributed by atoms with Gasteiger partial charge in [-0.1, -0.05) is 42.1 Å². The van der Waals surface area contributed by atoms with Crippen LogP contribution in [0.4, 0.5) is 5.69 Å². The maximum Gasteiger partial charge on any atom is 0.282 e. The summed E-state index contributed by atoms with van der Waals surface area (Å²) in [6, 6.07) is 18.1. The van der Waals surface area contributed by atoms with Gasteiger partial charge in [-0.3, -0.25) is 4.79 Å². The van der Waals surface area contributed by atoms with Gasteiger partial charge < -0.3 is 15.0 Å². The van der Waals surface area contributed by atoms with Crippen molar-refractivity contribution >= 4 is 23.4 Å². The zero-order valence-electron chi connectivity index (χ0n) is 15.6. The number of carbonyl (C=O) groups excluding carboxylic acids is 1. The molecule has 2 aromatic carbocycles. The molecule has 0 radical (unpaired) electrons. The summed E-state index contributed by atoms with van der Waals surface area (Å²) >= 11 is 1.66. The summed E-state index contributed by atoms with van der Waals surface area (Å²) in [6.07, 6.45) is 0.370. The average molecular weight is 372 g/mol. The van der Waals surface area contributed by atoms with Crippen molar-refractivity contribution in [2.45, 2.75) is 48.8 Å². The number of quaternary nitrogens is 1. The standard InChI is InChI=1S/C21H26N2O2S/c1-15-13-23(14-16(2)25-15)17(3)21(24)22-19-11-7-8-12-20(19)26-18-9-5-4-6-10-18/h4-12,15-17H,13-14H2,1-3H3,(H,22,24)/p+1/t15-,16-,17-/m0/s1. The zero-order chi connectivity index (χ0) is 18.5. The number of nitrogens with one attached hydrogen (secondary N) is 2. The lowest BCUT2D eigenvalue weighted by Crippen LogP contribution is -3.19. The summed E-state index contributed by atoms with van der Waals surface area (Å²) in [5, 5.41) is 3.14. The molecule has 1 heterocycles. The summed E-state index contributed by atoms with van der Waals surface area (Å²) in [7, 11) is 0. The van der Waals surface area contributed by atoms with Gasteiger partial charge in [0, 0.05) is 9.79 Å². The van der Waals surface area contributed by atoms with E-state index in [1.54, 1.807) is 11.8 Å². The molecule has 1 fully saturated rings. The van der Waals surface area contributed by atoms with Gasteiger partial charge in [0.25, 0.3) is 5.91 Å². The van der Waals surface area contributed by atoms with Crippen LogP contribution in [-0.2, 0) is 9.53 Å². The highest BCUT2D eigenvalue weighted by Gasteiger charge is 2.33. The second kappa shape index (κ2) is 8.71. The van der Waals surface area contributed by atoms with Crippen LogP contribution in [0.5, 0.6) is 0 Å². The lowest BCUT2D eigenvalue weighted by atomic mass is 10.1. The highest BCUT2D eigenvalue weighted by atomic mass is 32.2. The second-order valence-electron chi connectivity index (χ2n) is 6.95. The van der Waals surface area contributed by atoms with Gasteiger partial charge in [-0.05, 0) is 45.0 Å². The molecule has 3 atom stereocenters. The third kappa shape index (κ3) is 4.87. The monoisotopic (exact) mass is 371 g/mol. The Bertz CT molecular complexity index is 728. The molecular weight excluding hydrogens is 344 g/mol. The van der Waals surface area contributed by atoms with Gasteiger partial charge in [0.05, 0.1) is 5.69 Å². The topological polar surface area (TPSA) is 42.8 Å². The van der Waals surface area contributed by atoms with Crippen molar-refractivity contribution in [2.24, 2.45) is 0 Å². The molecule has 1 aliphatic heterocycles. The molecule has 0 spiro atoms. The lowest BCUT2D eigenvalue weighted by molar-refractivity contribution is -0.928. The minimum absolute atomic E-state index is 0.0578. The number of benzene rings is 2. The van der Waals surface area contributed by atoms with Gasteiger partial charge in [-0.15, -0.1) is 0 Å². The van der Waals surface area contributed by atoms with Crippen LogP contribution in [0, 0.1) is 0 Å². The maximum atomic E-state index is 12.8. The molecule has 1 amide bonds. The van der Waals surface area contributed by atoms with E-state index in [2.05, 4.69) is 31.3 Å². The third-order valence-corrected chi connectivity index (χ3v) is 5.77. The molecule has 3 rings (SSSR count). The van der Waals surface area contributed by atoms with Crippen molar-refractivity contribution in [2.75, 3.05) is 18.4 Å². The van der Waals surface area contributed by atoms with E-state index < -0.39 is 0 Å². The number of hydrogen-bond donors (Lipinski definition) is 2. The van der Waals surface area contributed by atoms with Crippen LogP contribution in [0.15, 0.2) is 64.4 Å². The van der Waals surface area contributed by atoms with Gasteiger partial charge in [0.15, 0.2) is 6.04 Å². The van der Waals surface area contributed by atoms with E-state index in [0.717, 1.165) is 28.6 Å². The molecule has 1 aliphatic rings. The SMILES string of the molecule is C[C@H]1C[NH+]([C@@H](C)C(=O)Nc2ccccc2Sc2ccccc2)C[C@H](C)O1. The van der Waals surface area contributed by atoms with Crippen molar-refractivity contribution < 1.29 is 14.4 Å².